The Morgan fingerprint density at radius 2 is 2.24 bits per heavy atom. The molecular formula is C16H22FNO3. The Kier molecular flexibility index (Phi) is 5.31. The van der Waals surface area contributed by atoms with Crippen molar-refractivity contribution >= 4 is 5.91 Å². The van der Waals surface area contributed by atoms with Crippen LogP contribution in [-0.2, 0) is 4.74 Å². The molecule has 0 radical (unpaired) electrons. The van der Waals surface area contributed by atoms with Crippen LogP contribution in [0, 0.1) is 11.2 Å². The largest absolute Gasteiger partial charge is 0.396 e. The maximum Gasteiger partial charge on any atom is 0.256 e. The van der Waals surface area contributed by atoms with Crippen LogP contribution >= 0.6 is 0 Å². The lowest BCUT2D eigenvalue weighted by atomic mass is 9.78. The first-order chi connectivity index (χ1) is 10.1. The van der Waals surface area contributed by atoms with Crippen LogP contribution < -0.4 is 0 Å². The molecule has 21 heavy (non-hydrogen) atoms. The summed E-state index contributed by atoms with van der Waals surface area (Å²) in [4.78, 5) is 14.1. The number of nitrogens with zero attached hydrogens (tertiary/aromatic N) is 1. The topological polar surface area (TPSA) is 49.8 Å². The van der Waals surface area contributed by atoms with Gasteiger partial charge < -0.3 is 14.7 Å². The van der Waals surface area contributed by atoms with Gasteiger partial charge in [0.05, 0.1) is 12.2 Å². The standard InChI is InChI=1S/C16H22FNO3/c1-21-10-8-16(12-19)7-4-9-18(11-16)15(20)13-5-2-3-6-14(13)17/h2-3,5-6,19H,4,7-12H2,1H3/t16-/m0/s1. The molecule has 0 aromatic heterocycles. The van der Waals surface area contributed by atoms with Gasteiger partial charge in [0.2, 0.25) is 0 Å². The maximum absolute atomic E-state index is 13.8. The van der Waals surface area contributed by atoms with Crippen LogP contribution in [0.25, 0.3) is 0 Å². The van der Waals surface area contributed by atoms with E-state index in [9.17, 15) is 14.3 Å². The zero-order valence-corrected chi connectivity index (χ0v) is 12.3. The zero-order chi connectivity index (χ0) is 15.3. The third-order valence-electron chi connectivity index (χ3n) is 4.22. The molecule has 1 amide bonds. The third-order valence-corrected chi connectivity index (χ3v) is 4.22. The normalized spacial score (nSPS) is 22.3. The lowest BCUT2D eigenvalue weighted by Crippen LogP contribution is -2.48. The van der Waals surface area contributed by atoms with Gasteiger partial charge in [-0.15, -0.1) is 0 Å². The van der Waals surface area contributed by atoms with Gasteiger partial charge in [-0.25, -0.2) is 4.39 Å². The lowest BCUT2D eigenvalue weighted by Gasteiger charge is -2.41. The number of hydrogen-bond donors (Lipinski definition) is 1. The fourth-order valence-corrected chi connectivity index (χ4v) is 2.92. The molecule has 1 aromatic carbocycles. The fourth-order valence-electron chi connectivity index (χ4n) is 2.92. The van der Waals surface area contributed by atoms with Gasteiger partial charge in [0.1, 0.15) is 5.82 Å². The number of benzene rings is 1. The number of methoxy groups -OCH3 is 1. The number of carbonyl (C=O) groups is 1. The predicted octanol–water partition coefficient (Wildman–Crippen LogP) is 2.08. The maximum atomic E-state index is 13.8. The van der Waals surface area contributed by atoms with E-state index in [4.69, 9.17) is 4.74 Å². The minimum Gasteiger partial charge on any atom is -0.396 e. The third kappa shape index (κ3) is 3.60. The van der Waals surface area contributed by atoms with Crippen LogP contribution in [-0.4, -0.2) is 49.3 Å². The number of ether oxygens (including phenoxy) is 1. The summed E-state index contributed by atoms with van der Waals surface area (Å²) < 4.78 is 18.9. The van der Waals surface area contributed by atoms with Crippen molar-refractivity contribution in [3.8, 4) is 0 Å². The molecule has 1 fully saturated rings. The molecule has 2 rings (SSSR count). The van der Waals surface area contributed by atoms with Gasteiger partial charge in [0.15, 0.2) is 0 Å². The molecule has 0 bridgehead atoms. The van der Waals surface area contributed by atoms with Gasteiger partial charge in [0.25, 0.3) is 5.91 Å². The van der Waals surface area contributed by atoms with E-state index in [1.54, 1.807) is 24.1 Å². The summed E-state index contributed by atoms with van der Waals surface area (Å²) in [5, 5.41) is 9.73. The van der Waals surface area contributed by atoms with Crippen LogP contribution in [0.1, 0.15) is 29.6 Å². The SMILES string of the molecule is COCC[C@@]1(CO)CCCN(C(=O)c2ccccc2F)C1. The molecule has 4 nitrogen and oxygen atoms in total. The van der Waals surface area contributed by atoms with E-state index >= 15 is 0 Å². The molecule has 0 saturated carbocycles. The van der Waals surface area contributed by atoms with Crippen LogP contribution in [0.4, 0.5) is 4.39 Å². The number of hydrogen-bond acceptors (Lipinski definition) is 3. The Morgan fingerprint density at radius 3 is 2.90 bits per heavy atom. The summed E-state index contributed by atoms with van der Waals surface area (Å²) in [5.41, 5.74) is -0.243. The molecule has 0 spiro atoms. The molecule has 1 N–H and O–H groups in total. The van der Waals surface area contributed by atoms with Crippen LogP contribution in [0.2, 0.25) is 0 Å². The van der Waals surface area contributed by atoms with Crippen molar-refractivity contribution in [3.05, 3.63) is 35.6 Å². The molecule has 1 aliphatic heterocycles. The molecule has 1 aromatic rings. The molecule has 5 heteroatoms. The highest BCUT2D eigenvalue weighted by atomic mass is 19.1. The van der Waals surface area contributed by atoms with Crippen molar-refractivity contribution in [2.75, 3.05) is 33.4 Å². The van der Waals surface area contributed by atoms with Crippen molar-refractivity contribution in [2.24, 2.45) is 5.41 Å². The van der Waals surface area contributed by atoms with Crippen molar-refractivity contribution in [3.63, 3.8) is 0 Å². The number of rotatable bonds is 5. The Labute approximate surface area is 124 Å². The number of amides is 1. The zero-order valence-electron chi connectivity index (χ0n) is 12.3. The molecular weight excluding hydrogens is 273 g/mol. The molecule has 0 aliphatic carbocycles. The average molecular weight is 295 g/mol. The van der Waals surface area contributed by atoms with E-state index in [1.807, 2.05) is 0 Å². The van der Waals surface area contributed by atoms with E-state index in [2.05, 4.69) is 0 Å². The Morgan fingerprint density at radius 1 is 1.48 bits per heavy atom. The van der Waals surface area contributed by atoms with E-state index in [-0.39, 0.29) is 23.5 Å². The number of piperidine rings is 1. The Balaban J connectivity index is 2.13. The quantitative estimate of drug-likeness (QED) is 0.905. The van der Waals surface area contributed by atoms with Crippen molar-refractivity contribution in [1.29, 1.82) is 0 Å². The first-order valence-electron chi connectivity index (χ1n) is 7.25. The summed E-state index contributed by atoms with van der Waals surface area (Å²) >= 11 is 0. The fraction of sp³-hybridized carbons (Fsp3) is 0.562. The van der Waals surface area contributed by atoms with E-state index in [1.165, 1.54) is 12.1 Å². The summed E-state index contributed by atoms with van der Waals surface area (Å²) in [5.74, 6) is -0.803. The predicted molar refractivity (Wildman–Crippen MR) is 77.5 cm³/mol. The van der Waals surface area contributed by atoms with Crippen molar-refractivity contribution in [2.45, 2.75) is 19.3 Å². The molecule has 116 valence electrons. The lowest BCUT2D eigenvalue weighted by molar-refractivity contribution is 0.00880. The minimum absolute atomic E-state index is 0.0113. The molecule has 1 aliphatic rings. The second kappa shape index (κ2) is 7.00. The van der Waals surface area contributed by atoms with Crippen molar-refractivity contribution in [1.82, 2.24) is 4.90 Å². The summed E-state index contributed by atoms with van der Waals surface area (Å²) in [6.45, 7) is 1.60. The summed E-state index contributed by atoms with van der Waals surface area (Å²) in [6, 6.07) is 6.02. The molecule has 1 saturated heterocycles. The first-order valence-corrected chi connectivity index (χ1v) is 7.25. The average Bonchev–Trinajstić information content (AvgIpc) is 2.53. The van der Waals surface area contributed by atoms with Gasteiger partial charge >= 0.3 is 0 Å². The Hall–Kier alpha value is -1.46. The number of aliphatic hydroxyl groups is 1. The number of carbonyl (C=O) groups excluding carboxylic acids is 1. The minimum atomic E-state index is -0.500. The van der Waals surface area contributed by atoms with Crippen LogP contribution in [0.15, 0.2) is 24.3 Å². The summed E-state index contributed by atoms with van der Waals surface area (Å²) in [6.07, 6.45) is 2.36. The smallest absolute Gasteiger partial charge is 0.256 e. The van der Waals surface area contributed by atoms with Gasteiger partial charge in [-0.05, 0) is 31.4 Å². The highest BCUT2D eigenvalue weighted by Crippen LogP contribution is 2.33. The Bertz CT molecular complexity index is 494. The van der Waals surface area contributed by atoms with Gasteiger partial charge in [-0.3, -0.25) is 4.79 Å². The second-order valence-electron chi connectivity index (χ2n) is 5.71. The molecule has 0 unspecified atom stereocenters. The first kappa shape index (κ1) is 15.9. The van der Waals surface area contributed by atoms with Gasteiger partial charge in [-0.2, -0.15) is 0 Å². The molecule has 1 atom stereocenters. The number of halogens is 1. The van der Waals surface area contributed by atoms with Crippen LogP contribution in [0.5, 0.6) is 0 Å². The molecule has 1 heterocycles. The van der Waals surface area contributed by atoms with E-state index in [0.29, 0.717) is 26.1 Å². The number of aliphatic hydroxyl groups excluding tert-OH is 1. The second-order valence-corrected chi connectivity index (χ2v) is 5.71. The number of likely N-dealkylation sites (tertiary alicyclic amines) is 1. The van der Waals surface area contributed by atoms with Crippen LogP contribution in [0.3, 0.4) is 0 Å². The highest BCUT2D eigenvalue weighted by Gasteiger charge is 2.37. The van der Waals surface area contributed by atoms with E-state index < -0.39 is 5.82 Å². The highest BCUT2D eigenvalue weighted by molar-refractivity contribution is 5.94. The monoisotopic (exact) mass is 295 g/mol. The van der Waals surface area contributed by atoms with Gasteiger partial charge in [-0.1, -0.05) is 12.1 Å². The van der Waals surface area contributed by atoms with Gasteiger partial charge in [0, 0.05) is 32.2 Å². The summed E-state index contributed by atoms with van der Waals surface area (Å²) in [7, 11) is 1.62. The van der Waals surface area contributed by atoms with Crippen molar-refractivity contribution < 1.29 is 19.0 Å². The van der Waals surface area contributed by atoms with E-state index in [0.717, 1.165) is 12.8 Å².